The summed E-state index contributed by atoms with van der Waals surface area (Å²) < 4.78 is 17.9. The van der Waals surface area contributed by atoms with Crippen molar-refractivity contribution in [3.63, 3.8) is 0 Å². The van der Waals surface area contributed by atoms with Crippen LogP contribution in [0.1, 0.15) is 26.3 Å². The lowest BCUT2D eigenvalue weighted by Gasteiger charge is -2.09. The van der Waals surface area contributed by atoms with E-state index in [1.807, 2.05) is 6.92 Å². The first-order valence-electron chi connectivity index (χ1n) is 6.52. The van der Waals surface area contributed by atoms with Crippen LogP contribution in [-0.4, -0.2) is 18.9 Å². The highest BCUT2D eigenvalue weighted by Crippen LogP contribution is 2.18. The highest BCUT2D eigenvalue weighted by Gasteiger charge is 2.11. The molecule has 0 aliphatic carbocycles. The first-order valence-corrected chi connectivity index (χ1v) is 6.52. The molecule has 2 amide bonds. The minimum Gasteiger partial charge on any atom is -0.496 e. The highest BCUT2D eigenvalue weighted by atomic mass is 19.1. The van der Waals surface area contributed by atoms with E-state index in [9.17, 15) is 14.0 Å². The number of amides is 2. The summed E-state index contributed by atoms with van der Waals surface area (Å²) in [4.78, 5) is 23.8. The molecule has 0 fully saturated rings. The maximum atomic E-state index is 12.8. The molecule has 0 spiro atoms. The van der Waals surface area contributed by atoms with Crippen molar-refractivity contribution in [2.45, 2.75) is 6.92 Å². The third kappa shape index (κ3) is 3.60. The molecule has 0 aliphatic rings. The molecule has 114 valence electrons. The van der Waals surface area contributed by atoms with Crippen LogP contribution in [0.15, 0.2) is 42.5 Å². The van der Waals surface area contributed by atoms with Crippen molar-refractivity contribution in [2.75, 3.05) is 7.11 Å². The average Bonchev–Trinajstić information content (AvgIpc) is 2.53. The van der Waals surface area contributed by atoms with Crippen LogP contribution in [0.5, 0.6) is 5.75 Å². The molecule has 0 heterocycles. The van der Waals surface area contributed by atoms with Crippen molar-refractivity contribution >= 4 is 11.8 Å². The van der Waals surface area contributed by atoms with Gasteiger partial charge in [-0.2, -0.15) is 0 Å². The summed E-state index contributed by atoms with van der Waals surface area (Å²) in [6, 6.07) is 9.93. The highest BCUT2D eigenvalue weighted by molar-refractivity contribution is 5.99. The number of nitrogens with one attached hydrogen (secondary N) is 2. The number of hydrazine groups is 1. The number of hydrogen-bond acceptors (Lipinski definition) is 3. The predicted molar refractivity (Wildman–Crippen MR) is 79.1 cm³/mol. The number of halogens is 1. The van der Waals surface area contributed by atoms with Gasteiger partial charge in [-0.05, 0) is 48.9 Å². The number of carbonyl (C=O) groups is 2. The van der Waals surface area contributed by atoms with Gasteiger partial charge in [-0.1, -0.05) is 6.07 Å². The molecular formula is C16H15FN2O3. The molecule has 2 rings (SSSR count). The molecule has 0 unspecified atom stereocenters. The molecule has 5 nitrogen and oxygen atoms in total. The summed E-state index contributed by atoms with van der Waals surface area (Å²) in [5.74, 6) is -0.869. The molecule has 0 bridgehead atoms. The average molecular weight is 302 g/mol. The van der Waals surface area contributed by atoms with E-state index in [1.165, 1.54) is 31.4 Å². The number of ether oxygens (including phenoxy) is 1. The zero-order valence-corrected chi connectivity index (χ0v) is 12.1. The Morgan fingerprint density at radius 3 is 2.09 bits per heavy atom. The summed E-state index contributed by atoms with van der Waals surface area (Å²) >= 11 is 0. The van der Waals surface area contributed by atoms with Gasteiger partial charge in [0.05, 0.1) is 7.11 Å². The van der Waals surface area contributed by atoms with Gasteiger partial charge in [0.2, 0.25) is 0 Å². The molecule has 2 aromatic carbocycles. The van der Waals surface area contributed by atoms with E-state index in [0.29, 0.717) is 11.3 Å². The van der Waals surface area contributed by atoms with Crippen LogP contribution in [0.2, 0.25) is 0 Å². The lowest BCUT2D eigenvalue weighted by molar-refractivity contribution is 0.0846. The van der Waals surface area contributed by atoms with E-state index in [1.54, 1.807) is 18.2 Å². The molecule has 2 aromatic rings. The predicted octanol–water partition coefficient (Wildman–Crippen LogP) is 2.22. The summed E-state index contributed by atoms with van der Waals surface area (Å²) in [5.41, 5.74) is 6.05. The second-order valence-electron chi connectivity index (χ2n) is 4.60. The molecule has 0 radical (unpaired) electrons. The van der Waals surface area contributed by atoms with Crippen molar-refractivity contribution in [1.29, 1.82) is 0 Å². The molecule has 6 heteroatoms. The van der Waals surface area contributed by atoms with Gasteiger partial charge in [0.25, 0.3) is 11.8 Å². The Labute approximate surface area is 127 Å². The summed E-state index contributed by atoms with van der Waals surface area (Å²) in [6.07, 6.45) is 0. The largest absolute Gasteiger partial charge is 0.496 e. The lowest BCUT2D eigenvalue weighted by atomic mass is 10.1. The topological polar surface area (TPSA) is 67.4 Å². The van der Waals surface area contributed by atoms with Crippen molar-refractivity contribution in [1.82, 2.24) is 10.9 Å². The van der Waals surface area contributed by atoms with Gasteiger partial charge in [-0.15, -0.1) is 0 Å². The fraction of sp³-hybridized carbons (Fsp3) is 0.125. The Kier molecular flexibility index (Phi) is 4.73. The van der Waals surface area contributed by atoms with Crippen molar-refractivity contribution in [3.05, 3.63) is 65.0 Å². The van der Waals surface area contributed by atoms with Crippen molar-refractivity contribution in [3.8, 4) is 5.75 Å². The molecule has 0 saturated heterocycles. The minimum absolute atomic E-state index is 0.239. The molecular weight excluding hydrogens is 287 g/mol. The fourth-order valence-corrected chi connectivity index (χ4v) is 1.82. The van der Waals surface area contributed by atoms with Crippen LogP contribution in [0, 0.1) is 12.7 Å². The Hall–Kier alpha value is -2.89. The van der Waals surface area contributed by atoms with Crippen LogP contribution >= 0.6 is 0 Å². The molecule has 22 heavy (non-hydrogen) atoms. The zero-order valence-electron chi connectivity index (χ0n) is 12.1. The van der Waals surface area contributed by atoms with E-state index >= 15 is 0 Å². The fourth-order valence-electron chi connectivity index (χ4n) is 1.82. The SMILES string of the molecule is COc1cc(C(=O)NNC(=O)c2ccc(F)cc2)ccc1C. The number of rotatable bonds is 3. The molecule has 0 aromatic heterocycles. The number of aryl methyl sites for hydroxylation is 1. The van der Waals surface area contributed by atoms with Crippen molar-refractivity contribution < 1.29 is 18.7 Å². The first kappa shape index (κ1) is 15.5. The monoisotopic (exact) mass is 302 g/mol. The maximum Gasteiger partial charge on any atom is 0.269 e. The van der Waals surface area contributed by atoms with E-state index in [2.05, 4.69) is 10.9 Å². The van der Waals surface area contributed by atoms with E-state index in [0.717, 1.165) is 5.56 Å². The summed E-state index contributed by atoms with van der Waals surface area (Å²) in [7, 11) is 1.51. The molecule has 2 N–H and O–H groups in total. The van der Waals surface area contributed by atoms with Crippen LogP contribution in [0.3, 0.4) is 0 Å². The van der Waals surface area contributed by atoms with Crippen LogP contribution < -0.4 is 15.6 Å². The summed E-state index contributed by atoms with van der Waals surface area (Å²) in [5, 5.41) is 0. The van der Waals surface area contributed by atoms with E-state index in [-0.39, 0.29) is 5.56 Å². The Bertz CT molecular complexity index is 699. The first-order chi connectivity index (χ1) is 10.5. The third-order valence-electron chi connectivity index (χ3n) is 3.07. The van der Waals surface area contributed by atoms with Crippen molar-refractivity contribution in [2.24, 2.45) is 0 Å². The van der Waals surface area contributed by atoms with Crippen LogP contribution in [0.4, 0.5) is 4.39 Å². The molecule has 0 saturated carbocycles. The maximum absolute atomic E-state index is 12.8. The van der Waals surface area contributed by atoms with E-state index < -0.39 is 17.6 Å². The Morgan fingerprint density at radius 1 is 0.955 bits per heavy atom. The Morgan fingerprint density at radius 2 is 1.50 bits per heavy atom. The van der Waals surface area contributed by atoms with Gasteiger partial charge in [0.15, 0.2) is 0 Å². The second-order valence-corrected chi connectivity index (χ2v) is 4.60. The zero-order chi connectivity index (χ0) is 16.1. The van der Waals surface area contributed by atoms with Gasteiger partial charge in [-0.3, -0.25) is 20.4 Å². The molecule has 0 aliphatic heterocycles. The standard InChI is InChI=1S/C16H15FN2O3/c1-10-3-4-12(9-14(10)22-2)16(21)19-18-15(20)11-5-7-13(17)8-6-11/h3-9H,1-2H3,(H,18,20)(H,19,21). The Balaban J connectivity index is 2.00. The van der Waals surface area contributed by atoms with Gasteiger partial charge in [0, 0.05) is 11.1 Å². The smallest absolute Gasteiger partial charge is 0.269 e. The normalized spacial score (nSPS) is 9.95. The van der Waals surface area contributed by atoms with Gasteiger partial charge in [0.1, 0.15) is 11.6 Å². The minimum atomic E-state index is -0.535. The number of benzene rings is 2. The van der Waals surface area contributed by atoms with Crippen LogP contribution in [0.25, 0.3) is 0 Å². The third-order valence-corrected chi connectivity index (χ3v) is 3.07. The number of carbonyl (C=O) groups excluding carboxylic acids is 2. The number of methoxy groups -OCH3 is 1. The second kappa shape index (κ2) is 6.71. The molecule has 0 atom stereocenters. The quantitative estimate of drug-likeness (QED) is 0.854. The van der Waals surface area contributed by atoms with Gasteiger partial charge < -0.3 is 4.74 Å². The lowest BCUT2D eigenvalue weighted by Crippen LogP contribution is -2.41. The summed E-state index contributed by atoms with van der Waals surface area (Å²) in [6.45, 7) is 1.86. The van der Waals surface area contributed by atoms with Gasteiger partial charge in [-0.25, -0.2) is 4.39 Å². The van der Waals surface area contributed by atoms with Crippen LogP contribution in [-0.2, 0) is 0 Å². The van der Waals surface area contributed by atoms with Gasteiger partial charge >= 0.3 is 0 Å². The number of hydrogen-bond donors (Lipinski definition) is 2. The van der Waals surface area contributed by atoms with E-state index in [4.69, 9.17) is 4.74 Å².